The predicted molar refractivity (Wildman–Crippen MR) is 135 cm³/mol. The molecule has 1 fully saturated rings. The van der Waals surface area contributed by atoms with Gasteiger partial charge >= 0.3 is 0 Å². The van der Waals surface area contributed by atoms with E-state index in [9.17, 15) is 9.59 Å². The standard InChI is InChI=1S/C27H31N5O2/c1-18-13-24(11-12-28-18)23-7-5-22(6-8-23)14-27(34)30-26-10-9-25(15-29-26)31-16-19(2)32(21(4)33)20(3)17-31/h5-13,15,19-20H,14,16-17H2,1-4H3,(H,29,30,34)/t19-,20+. The molecule has 1 aromatic carbocycles. The summed E-state index contributed by atoms with van der Waals surface area (Å²) in [5, 5.41) is 2.88. The van der Waals surface area contributed by atoms with Crippen LogP contribution >= 0.6 is 0 Å². The van der Waals surface area contributed by atoms with Crippen LogP contribution in [-0.4, -0.2) is 51.9 Å². The van der Waals surface area contributed by atoms with Crippen LogP contribution in [0.4, 0.5) is 11.5 Å². The Kier molecular flexibility index (Phi) is 6.91. The number of hydrogen-bond acceptors (Lipinski definition) is 5. The second kappa shape index (κ2) is 10.0. The van der Waals surface area contributed by atoms with Gasteiger partial charge < -0.3 is 15.1 Å². The maximum Gasteiger partial charge on any atom is 0.229 e. The van der Waals surface area contributed by atoms with Crippen molar-refractivity contribution in [3.05, 3.63) is 72.2 Å². The van der Waals surface area contributed by atoms with Crippen LogP contribution in [0.5, 0.6) is 0 Å². The first-order valence-electron chi connectivity index (χ1n) is 11.6. The Labute approximate surface area is 200 Å². The molecule has 0 radical (unpaired) electrons. The molecule has 2 amide bonds. The average Bonchev–Trinajstić information content (AvgIpc) is 2.79. The van der Waals surface area contributed by atoms with Crippen LogP contribution < -0.4 is 10.2 Å². The van der Waals surface area contributed by atoms with Gasteiger partial charge in [-0.1, -0.05) is 24.3 Å². The molecule has 4 rings (SSSR count). The number of piperazine rings is 1. The lowest BCUT2D eigenvalue weighted by Crippen LogP contribution is -2.58. The zero-order valence-electron chi connectivity index (χ0n) is 20.2. The fourth-order valence-corrected chi connectivity index (χ4v) is 4.71. The van der Waals surface area contributed by atoms with Gasteiger partial charge in [-0.2, -0.15) is 0 Å². The second-order valence-electron chi connectivity index (χ2n) is 9.04. The summed E-state index contributed by atoms with van der Waals surface area (Å²) in [4.78, 5) is 37.3. The number of rotatable bonds is 5. The Bertz CT molecular complexity index is 1150. The van der Waals surface area contributed by atoms with E-state index in [2.05, 4.69) is 34.0 Å². The van der Waals surface area contributed by atoms with Crippen molar-refractivity contribution in [3.8, 4) is 11.1 Å². The van der Waals surface area contributed by atoms with E-state index in [0.29, 0.717) is 5.82 Å². The number of benzene rings is 1. The molecule has 34 heavy (non-hydrogen) atoms. The van der Waals surface area contributed by atoms with Gasteiger partial charge in [-0.3, -0.25) is 14.6 Å². The normalized spacial score (nSPS) is 18.0. The van der Waals surface area contributed by atoms with Crippen LogP contribution in [0.2, 0.25) is 0 Å². The van der Waals surface area contributed by atoms with E-state index in [0.717, 1.165) is 41.2 Å². The maximum atomic E-state index is 12.5. The van der Waals surface area contributed by atoms with E-state index in [-0.39, 0.29) is 30.3 Å². The summed E-state index contributed by atoms with van der Waals surface area (Å²) in [6, 6.07) is 16.1. The topological polar surface area (TPSA) is 78.4 Å². The highest BCUT2D eigenvalue weighted by Crippen LogP contribution is 2.23. The number of nitrogens with zero attached hydrogens (tertiary/aromatic N) is 4. The Balaban J connectivity index is 1.34. The van der Waals surface area contributed by atoms with Crippen LogP contribution in [0.1, 0.15) is 32.0 Å². The van der Waals surface area contributed by atoms with E-state index in [4.69, 9.17) is 0 Å². The first-order chi connectivity index (χ1) is 16.3. The van der Waals surface area contributed by atoms with Crippen LogP contribution in [0.3, 0.4) is 0 Å². The summed E-state index contributed by atoms with van der Waals surface area (Å²) in [7, 11) is 0. The number of carbonyl (C=O) groups is 2. The van der Waals surface area contributed by atoms with E-state index >= 15 is 0 Å². The fourth-order valence-electron chi connectivity index (χ4n) is 4.71. The summed E-state index contributed by atoms with van der Waals surface area (Å²) < 4.78 is 0. The molecule has 2 aromatic heterocycles. The summed E-state index contributed by atoms with van der Waals surface area (Å²) in [6.07, 6.45) is 3.86. The molecular formula is C27H31N5O2. The summed E-state index contributed by atoms with van der Waals surface area (Å²) >= 11 is 0. The van der Waals surface area contributed by atoms with E-state index in [1.807, 2.05) is 60.4 Å². The Morgan fingerprint density at radius 3 is 2.26 bits per heavy atom. The number of carbonyl (C=O) groups excluding carboxylic acids is 2. The molecule has 1 aliphatic heterocycles. The van der Waals surface area contributed by atoms with Crippen molar-refractivity contribution in [2.45, 2.75) is 46.2 Å². The molecule has 1 N–H and O–H groups in total. The number of aromatic nitrogens is 2. The molecule has 7 heteroatoms. The van der Waals surface area contributed by atoms with Crippen LogP contribution in [0.25, 0.3) is 11.1 Å². The molecule has 0 spiro atoms. The zero-order valence-corrected chi connectivity index (χ0v) is 20.2. The molecule has 3 heterocycles. The minimum Gasteiger partial charge on any atom is -0.366 e. The minimum absolute atomic E-state index is 0.106. The lowest BCUT2D eigenvalue weighted by Gasteiger charge is -2.45. The van der Waals surface area contributed by atoms with Gasteiger partial charge in [-0.25, -0.2) is 4.98 Å². The quantitative estimate of drug-likeness (QED) is 0.625. The van der Waals surface area contributed by atoms with Gasteiger partial charge in [-0.15, -0.1) is 0 Å². The van der Waals surface area contributed by atoms with Crippen LogP contribution in [0.15, 0.2) is 60.9 Å². The molecule has 1 aliphatic rings. The summed E-state index contributed by atoms with van der Waals surface area (Å²) in [5.74, 6) is 0.532. The number of amides is 2. The van der Waals surface area contributed by atoms with Crippen molar-refractivity contribution in [1.82, 2.24) is 14.9 Å². The van der Waals surface area contributed by atoms with Crippen molar-refractivity contribution in [2.75, 3.05) is 23.3 Å². The Hall–Kier alpha value is -3.74. The van der Waals surface area contributed by atoms with Crippen molar-refractivity contribution in [3.63, 3.8) is 0 Å². The zero-order chi connectivity index (χ0) is 24.2. The lowest BCUT2D eigenvalue weighted by molar-refractivity contribution is -0.133. The summed E-state index contributed by atoms with van der Waals surface area (Å²) in [6.45, 7) is 9.24. The van der Waals surface area contributed by atoms with Gasteiger partial charge in [0.25, 0.3) is 0 Å². The van der Waals surface area contributed by atoms with Crippen LogP contribution in [0, 0.1) is 6.92 Å². The van der Waals surface area contributed by atoms with Gasteiger partial charge in [0.05, 0.1) is 18.3 Å². The second-order valence-corrected chi connectivity index (χ2v) is 9.04. The highest BCUT2D eigenvalue weighted by Gasteiger charge is 2.31. The molecule has 3 aromatic rings. The van der Waals surface area contributed by atoms with Gasteiger partial charge in [0, 0.05) is 44.0 Å². The highest BCUT2D eigenvalue weighted by atomic mass is 16.2. The van der Waals surface area contributed by atoms with Crippen molar-refractivity contribution < 1.29 is 9.59 Å². The minimum atomic E-state index is -0.106. The largest absolute Gasteiger partial charge is 0.366 e. The smallest absolute Gasteiger partial charge is 0.229 e. The SMILES string of the molecule is CC(=O)N1[C@H](C)CN(c2ccc(NC(=O)Cc3ccc(-c4ccnc(C)c4)cc3)nc2)C[C@@H]1C. The monoisotopic (exact) mass is 457 g/mol. The number of anilines is 2. The Morgan fingerprint density at radius 2 is 1.68 bits per heavy atom. The first-order valence-corrected chi connectivity index (χ1v) is 11.6. The molecular weight excluding hydrogens is 426 g/mol. The molecule has 1 saturated heterocycles. The molecule has 176 valence electrons. The predicted octanol–water partition coefficient (Wildman–Crippen LogP) is 4.08. The molecule has 0 bridgehead atoms. The maximum absolute atomic E-state index is 12.5. The van der Waals surface area contributed by atoms with Gasteiger partial charge in [0.2, 0.25) is 11.8 Å². The first kappa shape index (κ1) is 23.4. The van der Waals surface area contributed by atoms with Crippen molar-refractivity contribution >= 4 is 23.3 Å². The van der Waals surface area contributed by atoms with Gasteiger partial charge in [-0.05, 0) is 61.7 Å². The summed E-state index contributed by atoms with van der Waals surface area (Å²) in [5.41, 5.74) is 5.11. The fraction of sp³-hybridized carbons (Fsp3) is 0.333. The van der Waals surface area contributed by atoms with E-state index < -0.39 is 0 Å². The molecule has 2 atom stereocenters. The number of hydrogen-bond donors (Lipinski definition) is 1. The van der Waals surface area contributed by atoms with Gasteiger partial charge in [0.15, 0.2) is 0 Å². The Morgan fingerprint density at radius 1 is 0.971 bits per heavy atom. The molecule has 0 aliphatic carbocycles. The van der Waals surface area contributed by atoms with E-state index in [1.54, 1.807) is 19.3 Å². The average molecular weight is 458 g/mol. The lowest BCUT2D eigenvalue weighted by atomic mass is 10.0. The van der Waals surface area contributed by atoms with Crippen LogP contribution in [-0.2, 0) is 16.0 Å². The third kappa shape index (κ3) is 5.42. The molecule has 7 nitrogen and oxygen atoms in total. The molecule has 0 saturated carbocycles. The van der Waals surface area contributed by atoms with E-state index in [1.165, 1.54) is 0 Å². The number of nitrogens with one attached hydrogen (secondary N) is 1. The van der Waals surface area contributed by atoms with Crippen molar-refractivity contribution in [1.29, 1.82) is 0 Å². The highest BCUT2D eigenvalue weighted by molar-refractivity contribution is 5.91. The van der Waals surface area contributed by atoms with Crippen molar-refractivity contribution in [2.24, 2.45) is 0 Å². The third-order valence-electron chi connectivity index (χ3n) is 6.21. The van der Waals surface area contributed by atoms with Gasteiger partial charge in [0.1, 0.15) is 5.82 Å². The molecule has 0 unspecified atom stereocenters. The number of aryl methyl sites for hydroxylation is 1. The third-order valence-corrected chi connectivity index (χ3v) is 6.21. The number of pyridine rings is 2.